The highest BCUT2D eigenvalue weighted by molar-refractivity contribution is 5.64. The van der Waals surface area contributed by atoms with E-state index in [1.807, 2.05) is 0 Å². The van der Waals surface area contributed by atoms with Gasteiger partial charge in [-0.05, 0) is 40.0 Å². The first-order valence-electron chi connectivity index (χ1n) is 5.56. The fourth-order valence-electron chi connectivity index (χ4n) is 1.76. The summed E-state index contributed by atoms with van der Waals surface area (Å²) in [5, 5.41) is 28.9. The zero-order chi connectivity index (χ0) is 12.8. The number of rotatable bonds is 6. The Balaban J connectivity index is 4.54. The number of aliphatic hydroxyl groups excluding tert-OH is 2. The molecular weight excluding hydrogens is 210 g/mol. The van der Waals surface area contributed by atoms with E-state index >= 15 is 0 Å². The van der Waals surface area contributed by atoms with Crippen molar-refractivity contribution in [3.05, 3.63) is 0 Å². The zero-order valence-electron chi connectivity index (χ0n) is 10.3. The highest BCUT2D eigenvalue weighted by Gasteiger charge is 2.28. The number of carbonyl (C=O) groups is 1. The molecule has 0 aliphatic rings. The van der Waals surface area contributed by atoms with Crippen molar-refractivity contribution in [2.24, 2.45) is 0 Å². The number of carboxylic acid groups (broad SMARTS) is 1. The van der Waals surface area contributed by atoms with Gasteiger partial charge in [0.05, 0.1) is 12.6 Å². The summed E-state index contributed by atoms with van der Waals surface area (Å²) in [7, 11) is 0. The number of carbonyl (C=O) groups excluding carboxylic acids is 1. The first-order valence-corrected chi connectivity index (χ1v) is 5.56. The molecule has 16 heavy (non-hydrogen) atoms. The Bertz CT molecular complexity index is 213. The van der Waals surface area contributed by atoms with Gasteiger partial charge >= 0.3 is 0 Å². The molecule has 1 atom stereocenters. The molecule has 0 spiro atoms. The van der Waals surface area contributed by atoms with Crippen LogP contribution in [0.5, 0.6) is 0 Å². The summed E-state index contributed by atoms with van der Waals surface area (Å²) >= 11 is 0. The molecule has 0 aromatic heterocycles. The Kier molecular flexibility index (Phi) is 6.36. The van der Waals surface area contributed by atoms with Gasteiger partial charge in [0.15, 0.2) is 0 Å². The van der Waals surface area contributed by atoms with Crippen molar-refractivity contribution in [1.29, 1.82) is 0 Å². The van der Waals surface area contributed by atoms with Gasteiger partial charge in [-0.15, -0.1) is 0 Å². The van der Waals surface area contributed by atoms with E-state index in [4.69, 9.17) is 5.11 Å². The van der Waals surface area contributed by atoms with Crippen molar-refractivity contribution in [3.8, 4) is 0 Å². The van der Waals surface area contributed by atoms with Crippen molar-refractivity contribution in [2.45, 2.75) is 51.6 Å². The lowest BCUT2D eigenvalue weighted by Crippen LogP contribution is -2.57. The largest absolute Gasteiger partial charge is 0.530 e. The Morgan fingerprint density at radius 3 is 2.19 bits per heavy atom. The molecule has 1 unspecified atom stereocenters. The second kappa shape index (κ2) is 6.70. The Labute approximate surface area is 96.7 Å². The van der Waals surface area contributed by atoms with Crippen LogP contribution in [0, 0.1) is 0 Å². The van der Waals surface area contributed by atoms with Gasteiger partial charge in [-0.2, -0.15) is 0 Å². The topological polar surface area (TPSA) is 83.8 Å². The van der Waals surface area contributed by atoms with Crippen LogP contribution in [0.4, 0.5) is 4.79 Å². The molecule has 0 aromatic rings. The van der Waals surface area contributed by atoms with Gasteiger partial charge in [0, 0.05) is 12.1 Å². The van der Waals surface area contributed by atoms with Crippen molar-refractivity contribution in [2.75, 3.05) is 13.2 Å². The summed E-state index contributed by atoms with van der Waals surface area (Å²) in [4.78, 5) is 12.2. The molecule has 0 bridgehead atoms. The van der Waals surface area contributed by atoms with Crippen molar-refractivity contribution < 1.29 is 20.1 Å². The van der Waals surface area contributed by atoms with Crippen LogP contribution < -0.4 is 5.11 Å². The van der Waals surface area contributed by atoms with Crippen LogP contribution in [0.25, 0.3) is 0 Å². The number of hydrogen-bond donors (Lipinski definition) is 2. The van der Waals surface area contributed by atoms with E-state index in [9.17, 15) is 15.0 Å². The minimum Gasteiger partial charge on any atom is -0.530 e. The van der Waals surface area contributed by atoms with E-state index < -0.39 is 17.7 Å². The third-order valence-corrected chi connectivity index (χ3v) is 2.44. The van der Waals surface area contributed by atoms with Crippen molar-refractivity contribution >= 4 is 6.09 Å². The van der Waals surface area contributed by atoms with Gasteiger partial charge < -0.3 is 25.0 Å². The van der Waals surface area contributed by atoms with E-state index in [1.165, 1.54) is 4.90 Å². The fourth-order valence-corrected chi connectivity index (χ4v) is 1.76. The normalized spacial score (nSPS) is 13.6. The van der Waals surface area contributed by atoms with Crippen molar-refractivity contribution in [3.63, 3.8) is 0 Å². The molecule has 5 nitrogen and oxygen atoms in total. The van der Waals surface area contributed by atoms with E-state index in [0.717, 1.165) is 0 Å². The molecule has 1 amide bonds. The first-order chi connectivity index (χ1) is 7.34. The lowest BCUT2D eigenvalue weighted by Gasteiger charge is -2.43. The Hall–Kier alpha value is -0.810. The molecule has 0 aliphatic carbocycles. The van der Waals surface area contributed by atoms with Crippen LogP contribution in [0.2, 0.25) is 0 Å². The van der Waals surface area contributed by atoms with E-state index in [-0.39, 0.29) is 13.2 Å². The molecule has 0 aromatic carbocycles. The van der Waals surface area contributed by atoms with Gasteiger partial charge in [-0.3, -0.25) is 0 Å². The third-order valence-electron chi connectivity index (χ3n) is 2.44. The molecule has 5 heteroatoms. The summed E-state index contributed by atoms with van der Waals surface area (Å²) in [5.74, 6) is 0. The average molecular weight is 232 g/mol. The molecule has 2 N–H and O–H groups in total. The number of aliphatic hydroxyl groups is 2. The van der Waals surface area contributed by atoms with Gasteiger partial charge in [0.25, 0.3) is 0 Å². The molecule has 0 rings (SSSR count). The lowest BCUT2D eigenvalue weighted by molar-refractivity contribution is -0.274. The average Bonchev–Trinajstić information content (AvgIpc) is 2.13. The fraction of sp³-hybridized carbons (Fsp3) is 0.909. The summed E-state index contributed by atoms with van der Waals surface area (Å²) in [6, 6.07) is -0.462. The van der Waals surface area contributed by atoms with Crippen LogP contribution in [0.1, 0.15) is 40.0 Å². The molecular formula is C11H22NO4-. The maximum absolute atomic E-state index is 11.0. The van der Waals surface area contributed by atoms with E-state index in [0.29, 0.717) is 19.3 Å². The maximum Gasteiger partial charge on any atom is 0.137 e. The number of amides is 1. The smallest absolute Gasteiger partial charge is 0.137 e. The third kappa shape index (κ3) is 4.81. The summed E-state index contributed by atoms with van der Waals surface area (Å²) in [6.07, 6.45) is 0.557. The summed E-state index contributed by atoms with van der Waals surface area (Å²) in [6.45, 7) is 5.14. The number of unbranched alkanes of at least 4 members (excludes halogenated alkanes) is 1. The Morgan fingerprint density at radius 1 is 1.31 bits per heavy atom. The van der Waals surface area contributed by atoms with Gasteiger partial charge in [0.1, 0.15) is 6.09 Å². The lowest BCUT2D eigenvalue weighted by atomic mass is 10.0. The molecule has 0 saturated heterocycles. The predicted molar refractivity (Wildman–Crippen MR) is 58.8 cm³/mol. The van der Waals surface area contributed by atoms with Gasteiger partial charge in [-0.25, -0.2) is 0 Å². The highest BCUT2D eigenvalue weighted by Crippen LogP contribution is 2.19. The Morgan fingerprint density at radius 2 is 1.88 bits per heavy atom. The molecule has 0 aliphatic heterocycles. The molecule has 0 radical (unpaired) electrons. The first kappa shape index (κ1) is 15.2. The second-order valence-corrected chi connectivity index (χ2v) is 4.86. The second-order valence-electron chi connectivity index (χ2n) is 4.86. The molecule has 96 valence electrons. The zero-order valence-corrected chi connectivity index (χ0v) is 10.3. The minimum absolute atomic E-state index is 0.0823. The van der Waals surface area contributed by atoms with Crippen LogP contribution in [0.15, 0.2) is 0 Å². The van der Waals surface area contributed by atoms with Crippen LogP contribution in [-0.4, -0.2) is 46.0 Å². The van der Waals surface area contributed by atoms with Crippen LogP contribution >= 0.6 is 0 Å². The minimum atomic E-state index is -1.27. The van der Waals surface area contributed by atoms with E-state index in [2.05, 4.69) is 0 Å². The standard InChI is InChI=1S/C11H23NO4/c1-11(2,3)12(10(15)16)9(8-14)6-4-5-7-13/h9,13-14H,4-8H2,1-3H3,(H,15,16)/p-1. The monoisotopic (exact) mass is 232 g/mol. The predicted octanol–water partition coefficient (Wildman–Crippen LogP) is -0.0463. The summed E-state index contributed by atoms with van der Waals surface area (Å²) < 4.78 is 0. The number of nitrogens with zero attached hydrogens (tertiary/aromatic N) is 1. The van der Waals surface area contributed by atoms with Crippen LogP contribution in [0.3, 0.4) is 0 Å². The van der Waals surface area contributed by atoms with Gasteiger partial charge in [-0.1, -0.05) is 0 Å². The number of hydrogen-bond acceptors (Lipinski definition) is 4. The maximum atomic E-state index is 11.0. The summed E-state index contributed by atoms with van der Waals surface area (Å²) in [5.41, 5.74) is -0.592. The molecule has 0 saturated carbocycles. The SMILES string of the molecule is CC(C)(C)N(C(=O)[O-])C(CO)CCCCO. The molecule has 0 fully saturated rings. The van der Waals surface area contributed by atoms with Crippen molar-refractivity contribution in [1.82, 2.24) is 4.90 Å². The molecule has 0 heterocycles. The quantitative estimate of drug-likeness (QED) is 0.629. The van der Waals surface area contributed by atoms with Gasteiger partial charge in [0.2, 0.25) is 0 Å². The van der Waals surface area contributed by atoms with E-state index in [1.54, 1.807) is 20.8 Å². The van der Waals surface area contributed by atoms with Crippen LogP contribution in [-0.2, 0) is 0 Å². The highest BCUT2D eigenvalue weighted by atomic mass is 16.4.